The summed E-state index contributed by atoms with van der Waals surface area (Å²) in [5.74, 6) is 0. The quantitative estimate of drug-likeness (QED) is 0.660. The molecule has 0 saturated heterocycles. The average molecular weight is 367 g/mol. The van der Waals surface area contributed by atoms with Crippen molar-refractivity contribution in [2.24, 2.45) is 7.05 Å². The molecular weight excluding hydrogens is 359 g/mol. The molecule has 0 radical (unpaired) electrons. The highest BCUT2D eigenvalue weighted by Crippen LogP contribution is 2.04. The Hall–Kier alpha value is -0.430. The van der Waals surface area contributed by atoms with E-state index in [0.717, 1.165) is 8.17 Å². The van der Waals surface area contributed by atoms with Crippen LogP contribution in [0.4, 0.5) is 0 Å². The molecule has 14 heavy (non-hydrogen) atoms. The predicted octanol–water partition coefficient (Wildman–Crippen LogP) is 2.27. The fourth-order valence-corrected chi connectivity index (χ4v) is 1.28. The Morgan fingerprint density at radius 1 is 1.36 bits per heavy atom. The molecule has 0 amide bonds. The summed E-state index contributed by atoms with van der Waals surface area (Å²) in [7, 11) is 1.67. The molecule has 3 nitrogen and oxygen atoms in total. The first kappa shape index (κ1) is 11.6. The van der Waals surface area contributed by atoms with Crippen LogP contribution in [0, 0.1) is 3.70 Å². The number of hydrogen-bond acceptors (Lipinski definition) is 2. The highest BCUT2D eigenvalue weighted by atomic mass is 127. The van der Waals surface area contributed by atoms with Gasteiger partial charge in [-0.05, 0) is 40.8 Å². The van der Waals surface area contributed by atoms with Gasteiger partial charge in [-0.3, -0.25) is 4.79 Å². The van der Waals surface area contributed by atoms with E-state index in [0.29, 0.717) is 0 Å². The average Bonchev–Trinajstić information content (AvgIpc) is 2.18. The lowest BCUT2D eigenvalue weighted by Crippen LogP contribution is -2.12. The van der Waals surface area contributed by atoms with E-state index >= 15 is 0 Å². The van der Waals surface area contributed by atoms with Gasteiger partial charge in [0.2, 0.25) is 0 Å². The van der Waals surface area contributed by atoms with E-state index in [1.807, 2.05) is 12.1 Å². The molecule has 0 N–H and O–H groups in total. The van der Waals surface area contributed by atoms with E-state index in [1.54, 1.807) is 13.1 Å². The molecule has 0 saturated carbocycles. The van der Waals surface area contributed by atoms with Crippen molar-refractivity contribution in [1.82, 2.24) is 9.55 Å². The maximum atomic E-state index is 11.4. The van der Waals surface area contributed by atoms with Gasteiger partial charge in [-0.1, -0.05) is 15.9 Å². The van der Waals surface area contributed by atoms with Gasteiger partial charge in [0.05, 0.1) is 6.33 Å². The van der Waals surface area contributed by atoms with Crippen LogP contribution in [0.3, 0.4) is 0 Å². The van der Waals surface area contributed by atoms with Gasteiger partial charge in [0, 0.05) is 17.6 Å². The SMILES string of the molecule is Cn1cnc(I)ccc(Br)ccc1=O. The molecule has 1 heterocycles. The Bertz CT molecular complexity index is 443. The third kappa shape index (κ3) is 3.75. The highest BCUT2D eigenvalue weighted by Gasteiger charge is 1.85. The topological polar surface area (TPSA) is 34.9 Å². The van der Waals surface area contributed by atoms with Gasteiger partial charge in [-0.25, -0.2) is 4.98 Å². The van der Waals surface area contributed by atoms with Crippen molar-refractivity contribution in [2.45, 2.75) is 0 Å². The first-order valence-corrected chi connectivity index (χ1v) is 5.69. The molecule has 1 rings (SSSR count). The van der Waals surface area contributed by atoms with Gasteiger partial charge in [0.25, 0.3) is 5.56 Å². The summed E-state index contributed by atoms with van der Waals surface area (Å²) >= 11 is 5.40. The Balaban J connectivity index is 3.52. The van der Waals surface area contributed by atoms with Crippen molar-refractivity contribution in [3.8, 4) is 0 Å². The molecule has 0 spiro atoms. The van der Waals surface area contributed by atoms with E-state index in [4.69, 9.17) is 0 Å². The molecule has 0 bridgehead atoms. The molecule has 0 aromatic carbocycles. The number of aromatic nitrogens is 2. The lowest BCUT2D eigenvalue weighted by molar-refractivity contribution is 0.835. The lowest BCUT2D eigenvalue weighted by Gasteiger charge is -1.89. The molecule has 0 fully saturated rings. The lowest BCUT2D eigenvalue weighted by atomic mass is 10.5. The number of halogens is 2. The minimum absolute atomic E-state index is 0.106. The van der Waals surface area contributed by atoms with Crippen LogP contribution in [0.5, 0.6) is 0 Å². The van der Waals surface area contributed by atoms with Crippen LogP contribution < -0.4 is 5.56 Å². The summed E-state index contributed by atoms with van der Waals surface area (Å²) in [4.78, 5) is 15.4. The Morgan fingerprint density at radius 3 is 2.71 bits per heavy atom. The van der Waals surface area contributed by atoms with Crippen LogP contribution in [0.25, 0.3) is 0 Å². The summed E-state index contributed by atoms with van der Waals surface area (Å²) < 4.78 is 3.08. The minimum atomic E-state index is -0.106. The Morgan fingerprint density at radius 2 is 2.00 bits per heavy atom. The van der Waals surface area contributed by atoms with Crippen molar-refractivity contribution in [1.29, 1.82) is 0 Å². The van der Waals surface area contributed by atoms with Gasteiger partial charge < -0.3 is 4.57 Å². The Labute approximate surface area is 104 Å². The zero-order chi connectivity index (χ0) is 10.6. The molecule has 74 valence electrons. The van der Waals surface area contributed by atoms with Crippen LogP contribution in [0.2, 0.25) is 0 Å². The van der Waals surface area contributed by atoms with Crippen molar-refractivity contribution in [3.63, 3.8) is 0 Å². The smallest absolute Gasteiger partial charge is 0.251 e. The molecule has 1 aromatic rings. The number of nitrogens with zero attached hydrogens (tertiary/aromatic N) is 2. The fraction of sp³-hybridized carbons (Fsp3) is 0.111. The van der Waals surface area contributed by atoms with Crippen LogP contribution in [-0.2, 0) is 7.05 Å². The maximum Gasteiger partial charge on any atom is 0.251 e. The third-order valence-corrected chi connectivity index (χ3v) is 2.63. The van der Waals surface area contributed by atoms with E-state index in [9.17, 15) is 4.79 Å². The summed E-state index contributed by atoms with van der Waals surface area (Å²) in [6.45, 7) is 0. The van der Waals surface area contributed by atoms with E-state index < -0.39 is 0 Å². The second kappa shape index (κ2) is 5.45. The van der Waals surface area contributed by atoms with E-state index in [2.05, 4.69) is 43.5 Å². The summed E-state index contributed by atoms with van der Waals surface area (Å²) in [5, 5.41) is 0. The second-order valence-corrected chi connectivity index (χ2v) is 4.59. The van der Waals surface area contributed by atoms with Crippen molar-refractivity contribution < 1.29 is 0 Å². The monoisotopic (exact) mass is 366 g/mol. The predicted molar refractivity (Wildman–Crippen MR) is 67.5 cm³/mol. The standard InChI is InChI=1S/C9H8BrIN2O/c1-13-6-12-8(11)4-2-7(10)3-5-9(13)14/h2-6H,1H3. The first-order valence-electron chi connectivity index (χ1n) is 3.81. The van der Waals surface area contributed by atoms with Gasteiger partial charge in [0.15, 0.2) is 0 Å². The molecule has 1 aromatic heterocycles. The van der Waals surface area contributed by atoms with E-state index in [1.165, 1.54) is 17.0 Å². The van der Waals surface area contributed by atoms with Crippen LogP contribution in [0.1, 0.15) is 0 Å². The zero-order valence-corrected chi connectivity index (χ0v) is 11.2. The molecule has 0 aliphatic rings. The van der Waals surface area contributed by atoms with E-state index in [-0.39, 0.29) is 5.56 Å². The minimum Gasteiger partial charge on any atom is -0.302 e. The fourth-order valence-electron chi connectivity index (χ4n) is 0.714. The van der Waals surface area contributed by atoms with Crippen molar-refractivity contribution in [2.75, 3.05) is 0 Å². The van der Waals surface area contributed by atoms with Gasteiger partial charge in [0.1, 0.15) is 3.70 Å². The summed E-state index contributed by atoms with van der Waals surface area (Å²) in [6.07, 6.45) is 1.50. The van der Waals surface area contributed by atoms with Crippen molar-refractivity contribution >= 4 is 38.5 Å². The first-order chi connectivity index (χ1) is 6.59. The molecule has 0 aliphatic heterocycles. The number of aryl methyl sites for hydroxylation is 1. The Kier molecular flexibility index (Phi) is 4.53. The van der Waals surface area contributed by atoms with Crippen LogP contribution in [0.15, 0.2) is 39.9 Å². The second-order valence-electron chi connectivity index (χ2n) is 2.57. The third-order valence-electron chi connectivity index (χ3n) is 1.47. The maximum absolute atomic E-state index is 11.4. The molecule has 0 unspecified atom stereocenters. The molecule has 0 aliphatic carbocycles. The molecule has 0 atom stereocenters. The molecule has 5 heteroatoms. The normalized spacial score (nSPS) is 9.36. The summed E-state index contributed by atoms with van der Waals surface area (Å²) in [6, 6.07) is 6.89. The highest BCUT2D eigenvalue weighted by molar-refractivity contribution is 14.1. The van der Waals surface area contributed by atoms with Crippen LogP contribution in [-0.4, -0.2) is 9.55 Å². The number of rotatable bonds is 0. The number of hydrogen-bond donors (Lipinski definition) is 0. The van der Waals surface area contributed by atoms with Gasteiger partial charge in [-0.15, -0.1) is 0 Å². The summed E-state index contributed by atoms with van der Waals surface area (Å²) in [5.41, 5.74) is -0.106. The van der Waals surface area contributed by atoms with Gasteiger partial charge >= 0.3 is 0 Å². The van der Waals surface area contributed by atoms with Gasteiger partial charge in [-0.2, -0.15) is 0 Å². The van der Waals surface area contributed by atoms with Crippen molar-refractivity contribution in [3.05, 3.63) is 49.1 Å². The van der Waals surface area contributed by atoms with Crippen LogP contribution >= 0.6 is 38.5 Å². The zero-order valence-electron chi connectivity index (χ0n) is 7.45. The largest absolute Gasteiger partial charge is 0.302 e. The molecular formula is C9H8BrIN2O.